The van der Waals surface area contributed by atoms with Crippen LogP contribution in [0.4, 0.5) is 8.78 Å². The predicted octanol–water partition coefficient (Wildman–Crippen LogP) is 2.48. The van der Waals surface area contributed by atoms with E-state index in [0.29, 0.717) is 50.4 Å². The number of halogens is 2. The van der Waals surface area contributed by atoms with Crippen LogP contribution >= 0.6 is 0 Å². The van der Waals surface area contributed by atoms with Crippen LogP contribution in [0, 0.1) is 11.6 Å². The smallest absolute Gasteiger partial charge is 0.165 e. The topological polar surface area (TPSA) is 67.1 Å². The van der Waals surface area contributed by atoms with Gasteiger partial charge >= 0.3 is 0 Å². The van der Waals surface area contributed by atoms with Gasteiger partial charge in [0.2, 0.25) is 0 Å². The summed E-state index contributed by atoms with van der Waals surface area (Å²) in [6.07, 6.45) is 0.876. The van der Waals surface area contributed by atoms with Crippen LogP contribution in [0.15, 0.2) is 48.5 Å². The van der Waals surface area contributed by atoms with E-state index >= 15 is 0 Å². The molecule has 1 aliphatic rings. The van der Waals surface area contributed by atoms with Gasteiger partial charge in [-0.2, -0.15) is 0 Å². The number of aromatic nitrogens is 4. The van der Waals surface area contributed by atoms with Gasteiger partial charge in [-0.3, -0.25) is 4.90 Å². The Morgan fingerprint density at radius 3 is 2.39 bits per heavy atom. The molecule has 0 saturated carbocycles. The van der Waals surface area contributed by atoms with E-state index in [1.807, 2.05) is 0 Å². The second-order valence-corrected chi connectivity index (χ2v) is 7.17. The Morgan fingerprint density at radius 1 is 0.964 bits per heavy atom. The Morgan fingerprint density at radius 2 is 1.68 bits per heavy atom. The highest BCUT2D eigenvalue weighted by Gasteiger charge is 2.36. The van der Waals surface area contributed by atoms with Gasteiger partial charge in [-0.05, 0) is 47.0 Å². The lowest BCUT2D eigenvalue weighted by molar-refractivity contribution is -0.0309. The molecule has 0 radical (unpaired) electrons. The molecule has 2 aromatic carbocycles. The number of piperidine rings is 1. The van der Waals surface area contributed by atoms with Crippen molar-refractivity contribution in [3.05, 3.63) is 77.1 Å². The summed E-state index contributed by atoms with van der Waals surface area (Å²) < 4.78 is 28.8. The van der Waals surface area contributed by atoms with E-state index < -0.39 is 5.60 Å². The van der Waals surface area contributed by atoms with Gasteiger partial charge < -0.3 is 5.11 Å². The first-order valence-electron chi connectivity index (χ1n) is 9.23. The molecule has 1 fully saturated rings. The van der Waals surface area contributed by atoms with Crippen molar-refractivity contribution in [2.24, 2.45) is 0 Å². The lowest BCUT2D eigenvalue weighted by atomic mass is 9.84. The second-order valence-electron chi connectivity index (χ2n) is 7.17. The fourth-order valence-corrected chi connectivity index (χ4v) is 3.61. The summed E-state index contributed by atoms with van der Waals surface area (Å²) >= 11 is 0. The second kappa shape index (κ2) is 7.73. The van der Waals surface area contributed by atoms with Crippen LogP contribution < -0.4 is 0 Å². The van der Waals surface area contributed by atoms with E-state index in [9.17, 15) is 13.9 Å². The van der Waals surface area contributed by atoms with E-state index in [1.54, 1.807) is 35.0 Å². The summed E-state index contributed by atoms with van der Waals surface area (Å²) in [7, 11) is 0. The molecule has 0 unspecified atom stereocenters. The molecule has 28 heavy (non-hydrogen) atoms. The Kier molecular flexibility index (Phi) is 5.15. The highest BCUT2D eigenvalue weighted by molar-refractivity contribution is 5.25. The molecule has 1 aromatic heterocycles. The highest BCUT2D eigenvalue weighted by atomic mass is 19.1. The van der Waals surface area contributed by atoms with Gasteiger partial charge in [0, 0.05) is 18.7 Å². The van der Waals surface area contributed by atoms with Gasteiger partial charge in [-0.1, -0.05) is 30.3 Å². The number of hydrogen-bond acceptors (Lipinski definition) is 5. The number of likely N-dealkylation sites (tertiary alicyclic amines) is 1. The van der Waals surface area contributed by atoms with Crippen LogP contribution in [-0.2, 0) is 18.7 Å². The monoisotopic (exact) mass is 385 g/mol. The summed E-state index contributed by atoms with van der Waals surface area (Å²) in [5.41, 5.74) is 0.111. The van der Waals surface area contributed by atoms with E-state index in [1.165, 1.54) is 18.2 Å². The molecule has 0 spiro atoms. The molecule has 4 rings (SSSR count). The summed E-state index contributed by atoms with van der Waals surface area (Å²) in [6.45, 7) is 2.19. The summed E-state index contributed by atoms with van der Waals surface area (Å²) in [4.78, 5) is 2.14. The average Bonchev–Trinajstić information content (AvgIpc) is 3.12. The van der Waals surface area contributed by atoms with E-state index in [2.05, 4.69) is 20.4 Å². The van der Waals surface area contributed by atoms with Crippen LogP contribution in [0.3, 0.4) is 0 Å². The van der Waals surface area contributed by atoms with E-state index in [0.717, 1.165) is 5.56 Å². The SMILES string of the molecule is OC1(c2ccccc2F)CCN(Cc2nnnn2Cc2ccc(F)cc2)CC1. The molecule has 6 nitrogen and oxygen atoms in total. The largest absolute Gasteiger partial charge is 0.385 e. The average molecular weight is 385 g/mol. The predicted molar refractivity (Wildman–Crippen MR) is 98.1 cm³/mol. The Bertz CT molecular complexity index is 936. The number of tetrazole rings is 1. The van der Waals surface area contributed by atoms with E-state index in [4.69, 9.17) is 0 Å². The molecular weight excluding hydrogens is 364 g/mol. The van der Waals surface area contributed by atoms with Crippen molar-refractivity contribution in [1.29, 1.82) is 0 Å². The minimum Gasteiger partial charge on any atom is -0.385 e. The normalized spacial score (nSPS) is 17.0. The molecule has 2 heterocycles. The Labute approximate surface area is 161 Å². The minimum absolute atomic E-state index is 0.281. The molecule has 3 aromatic rings. The molecule has 0 aliphatic carbocycles. The third kappa shape index (κ3) is 3.93. The Balaban J connectivity index is 1.40. The maximum atomic E-state index is 14.1. The van der Waals surface area contributed by atoms with Gasteiger partial charge in [0.15, 0.2) is 5.82 Å². The Hall–Kier alpha value is -2.71. The van der Waals surface area contributed by atoms with E-state index in [-0.39, 0.29) is 11.6 Å². The van der Waals surface area contributed by atoms with Crippen LogP contribution in [0.25, 0.3) is 0 Å². The fraction of sp³-hybridized carbons (Fsp3) is 0.350. The third-order valence-electron chi connectivity index (χ3n) is 5.28. The van der Waals surface area contributed by atoms with Gasteiger partial charge in [0.25, 0.3) is 0 Å². The number of benzene rings is 2. The zero-order valence-corrected chi connectivity index (χ0v) is 15.3. The molecule has 1 N–H and O–H groups in total. The summed E-state index contributed by atoms with van der Waals surface area (Å²) in [5.74, 6) is 0.0405. The van der Waals surface area contributed by atoms with Gasteiger partial charge in [-0.15, -0.1) is 5.10 Å². The molecule has 1 saturated heterocycles. The van der Waals surface area contributed by atoms with Crippen molar-refractivity contribution in [3.63, 3.8) is 0 Å². The maximum absolute atomic E-state index is 14.1. The van der Waals surface area contributed by atoms with Crippen LogP contribution in [0.2, 0.25) is 0 Å². The number of hydrogen-bond donors (Lipinski definition) is 1. The first kappa shape index (κ1) is 18.6. The number of nitrogens with zero attached hydrogens (tertiary/aromatic N) is 5. The van der Waals surface area contributed by atoms with Crippen LogP contribution in [0.1, 0.15) is 29.8 Å². The first-order valence-corrected chi connectivity index (χ1v) is 9.23. The zero-order valence-electron chi connectivity index (χ0n) is 15.3. The molecule has 1 aliphatic heterocycles. The molecule has 146 valence electrons. The van der Waals surface area contributed by atoms with Gasteiger partial charge in [0.05, 0.1) is 18.7 Å². The van der Waals surface area contributed by atoms with Crippen molar-refractivity contribution < 1.29 is 13.9 Å². The lowest BCUT2D eigenvalue weighted by Crippen LogP contribution is -2.43. The molecule has 0 atom stereocenters. The van der Waals surface area contributed by atoms with Gasteiger partial charge in [-0.25, -0.2) is 13.5 Å². The molecule has 8 heteroatoms. The number of aliphatic hydroxyl groups is 1. The van der Waals surface area contributed by atoms with Crippen LogP contribution in [-0.4, -0.2) is 43.3 Å². The third-order valence-corrected chi connectivity index (χ3v) is 5.28. The van der Waals surface area contributed by atoms with Crippen molar-refractivity contribution in [1.82, 2.24) is 25.1 Å². The molecule has 0 amide bonds. The van der Waals surface area contributed by atoms with Crippen molar-refractivity contribution in [2.45, 2.75) is 31.5 Å². The van der Waals surface area contributed by atoms with Crippen molar-refractivity contribution in [3.8, 4) is 0 Å². The minimum atomic E-state index is -1.15. The lowest BCUT2D eigenvalue weighted by Gasteiger charge is -2.38. The van der Waals surface area contributed by atoms with Gasteiger partial charge in [0.1, 0.15) is 11.6 Å². The van der Waals surface area contributed by atoms with Crippen LogP contribution in [0.5, 0.6) is 0 Å². The zero-order chi connectivity index (χ0) is 19.6. The summed E-state index contributed by atoms with van der Waals surface area (Å²) in [5, 5.41) is 22.8. The van der Waals surface area contributed by atoms with Crippen molar-refractivity contribution >= 4 is 0 Å². The number of rotatable bonds is 5. The standard InChI is InChI=1S/C20H21F2N5O/c21-16-7-5-15(6-8-16)13-27-19(23-24-25-27)14-26-11-9-20(28,10-12-26)17-3-1-2-4-18(17)22/h1-8,28H,9-14H2. The first-order chi connectivity index (χ1) is 13.5. The highest BCUT2D eigenvalue weighted by Crippen LogP contribution is 2.34. The maximum Gasteiger partial charge on any atom is 0.165 e. The quantitative estimate of drug-likeness (QED) is 0.731. The van der Waals surface area contributed by atoms with Crippen molar-refractivity contribution in [2.75, 3.05) is 13.1 Å². The fourth-order valence-electron chi connectivity index (χ4n) is 3.61. The summed E-state index contributed by atoms with van der Waals surface area (Å²) in [6, 6.07) is 12.6. The molecular formula is C20H21F2N5O. The molecule has 0 bridgehead atoms.